The first-order valence-electron chi connectivity index (χ1n) is 6.64. The van der Waals surface area contributed by atoms with Gasteiger partial charge < -0.3 is 5.32 Å². The molecule has 0 amide bonds. The molecule has 0 radical (unpaired) electrons. The van der Waals surface area contributed by atoms with E-state index in [0.717, 1.165) is 19.3 Å². The van der Waals surface area contributed by atoms with Crippen LogP contribution in [0, 0.1) is 0 Å². The zero-order valence-corrected chi connectivity index (χ0v) is 12.5. The van der Waals surface area contributed by atoms with E-state index < -0.39 is 9.84 Å². The van der Waals surface area contributed by atoms with Crippen LogP contribution in [-0.4, -0.2) is 26.5 Å². The molecule has 0 aliphatic heterocycles. The molecule has 0 bridgehead atoms. The Morgan fingerprint density at radius 3 is 2.60 bits per heavy atom. The van der Waals surface area contributed by atoms with Gasteiger partial charge in [-0.2, -0.15) is 0 Å². The highest BCUT2D eigenvalue weighted by molar-refractivity contribution is 7.90. The molecule has 0 saturated heterocycles. The molecule has 0 saturated carbocycles. The maximum Gasteiger partial charge on any atom is 0.177 e. The second-order valence-corrected chi connectivity index (χ2v) is 7.15. The lowest BCUT2D eigenvalue weighted by molar-refractivity contribution is 0.101. The summed E-state index contributed by atoms with van der Waals surface area (Å²) in [6, 6.07) is 4.91. The van der Waals surface area contributed by atoms with Crippen molar-refractivity contribution in [3.8, 4) is 0 Å². The van der Waals surface area contributed by atoms with E-state index >= 15 is 0 Å². The van der Waals surface area contributed by atoms with Gasteiger partial charge in [0.2, 0.25) is 0 Å². The van der Waals surface area contributed by atoms with Crippen LogP contribution < -0.4 is 5.32 Å². The van der Waals surface area contributed by atoms with Crippen LogP contribution in [0.5, 0.6) is 0 Å². The molecule has 5 heteroatoms. The molecule has 1 aliphatic carbocycles. The van der Waals surface area contributed by atoms with Crippen LogP contribution in [0.1, 0.15) is 36.5 Å². The predicted octanol–water partition coefficient (Wildman–Crippen LogP) is 2.81. The van der Waals surface area contributed by atoms with E-state index in [0.29, 0.717) is 11.3 Å². The summed E-state index contributed by atoms with van der Waals surface area (Å²) in [7, 11) is -3.32. The SMILES string of the molecule is CC(=O)c1ccc(S(C)(=O)=O)c(N[C@@H]2CC=CCC2)c1. The van der Waals surface area contributed by atoms with Gasteiger partial charge in [0.25, 0.3) is 0 Å². The lowest BCUT2D eigenvalue weighted by Gasteiger charge is -2.22. The molecule has 0 spiro atoms. The Morgan fingerprint density at radius 2 is 2.05 bits per heavy atom. The van der Waals surface area contributed by atoms with Crippen LogP contribution in [0.3, 0.4) is 0 Å². The van der Waals surface area contributed by atoms with Gasteiger partial charge in [-0.05, 0) is 44.4 Å². The number of hydrogen-bond donors (Lipinski definition) is 1. The minimum atomic E-state index is -3.32. The van der Waals surface area contributed by atoms with Crippen molar-refractivity contribution in [1.82, 2.24) is 0 Å². The molecular weight excluding hydrogens is 274 g/mol. The van der Waals surface area contributed by atoms with Crippen LogP contribution in [0.2, 0.25) is 0 Å². The van der Waals surface area contributed by atoms with E-state index in [2.05, 4.69) is 17.5 Å². The van der Waals surface area contributed by atoms with Crippen LogP contribution in [0.4, 0.5) is 5.69 Å². The van der Waals surface area contributed by atoms with Crippen molar-refractivity contribution in [2.45, 2.75) is 37.1 Å². The number of rotatable bonds is 4. The van der Waals surface area contributed by atoms with Gasteiger partial charge in [0.15, 0.2) is 15.6 Å². The Labute approximate surface area is 119 Å². The van der Waals surface area contributed by atoms with Crippen molar-refractivity contribution in [3.05, 3.63) is 35.9 Å². The summed E-state index contributed by atoms with van der Waals surface area (Å²) in [6.45, 7) is 1.47. The lowest BCUT2D eigenvalue weighted by atomic mass is 10.0. The normalized spacial score (nSPS) is 18.8. The maximum atomic E-state index is 11.8. The van der Waals surface area contributed by atoms with Crippen LogP contribution in [0.25, 0.3) is 0 Å². The number of benzene rings is 1. The molecule has 20 heavy (non-hydrogen) atoms. The number of anilines is 1. The number of hydrogen-bond acceptors (Lipinski definition) is 4. The van der Waals surface area contributed by atoms with E-state index in [4.69, 9.17) is 0 Å². The van der Waals surface area contributed by atoms with Crippen LogP contribution >= 0.6 is 0 Å². The minimum absolute atomic E-state index is 0.0726. The Balaban J connectivity index is 2.38. The topological polar surface area (TPSA) is 63.2 Å². The van der Waals surface area contributed by atoms with Gasteiger partial charge in [0, 0.05) is 17.9 Å². The van der Waals surface area contributed by atoms with E-state index in [9.17, 15) is 13.2 Å². The summed E-state index contributed by atoms with van der Waals surface area (Å²) in [5.74, 6) is -0.0726. The summed E-state index contributed by atoms with van der Waals surface area (Å²) < 4.78 is 23.7. The van der Waals surface area contributed by atoms with Crippen molar-refractivity contribution in [1.29, 1.82) is 0 Å². The number of carbonyl (C=O) groups excluding carboxylic acids is 1. The monoisotopic (exact) mass is 293 g/mol. The van der Waals surface area contributed by atoms with E-state index in [1.807, 2.05) is 0 Å². The van der Waals surface area contributed by atoms with Gasteiger partial charge in [0.05, 0.1) is 10.6 Å². The first-order chi connectivity index (χ1) is 9.38. The highest BCUT2D eigenvalue weighted by Gasteiger charge is 2.18. The average molecular weight is 293 g/mol. The molecule has 108 valence electrons. The first-order valence-corrected chi connectivity index (χ1v) is 8.53. The molecule has 1 aromatic carbocycles. The Morgan fingerprint density at radius 1 is 1.30 bits per heavy atom. The molecule has 0 unspecified atom stereocenters. The number of Topliss-reactive ketones (excluding diaryl/α,β-unsaturated/α-hetero) is 1. The fourth-order valence-corrected chi connectivity index (χ4v) is 3.16. The van der Waals surface area contributed by atoms with Crippen molar-refractivity contribution in [3.63, 3.8) is 0 Å². The van der Waals surface area contributed by atoms with Crippen LogP contribution in [-0.2, 0) is 9.84 Å². The highest BCUT2D eigenvalue weighted by Crippen LogP contribution is 2.26. The van der Waals surface area contributed by atoms with E-state index in [1.165, 1.54) is 19.2 Å². The minimum Gasteiger partial charge on any atom is -0.381 e. The Hall–Kier alpha value is -1.62. The number of ketones is 1. The standard InChI is InChI=1S/C15H19NO3S/c1-11(17)12-8-9-15(20(2,18)19)14(10-12)16-13-6-4-3-5-7-13/h3-4,8-10,13,16H,5-7H2,1-2H3/t13-/m1/s1. The number of allylic oxidation sites excluding steroid dienone is 1. The third-order valence-electron chi connectivity index (χ3n) is 3.41. The molecule has 1 aliphatic rings. The quantitative estimate of drug-likeness (QED) is 0.685. The molecule has 1 N–H and O–H groups in total. The fraction of sp³-hybridized carbons (Fsp3) is 0.400. The molecule has 0 aromatic heterocycles. The second kappa shape index (κ2) is 5.79. The molecule has 1 atom stereocenters. The molecular formula is C15H19NO3S. The highest BCUT2D eigenvalue weighted by atomic mass is 32.2. The largest absolute Gasteiger partial charge is 0.381 e. The van der Waals surface area contributed by atoms with E-state index in [-0.39, 0.29) is 16.7 Å². The second-order valence-electron chi connectivity index (χ2n) is 5.17. The fourth-order valence-electron chi connectivity index (χ4n) is 2.33. The summed E-state index contributed by atoms with van der Waals surface area (Å²) in [5, 5.41) is 3.27. The number of carbonyl (C=O) groups is 1. The molecule has 0 fully saturated rings. The Kier molecular flexibility index (Phi) is 4.28. The average Bonchev–Trinajstić information content (AvgIpc) is 2.38. The maximum absolute atomic E-state index is 11.8. The molecule has 1 aromatic rings. The Bertz CT molecular complexity index is 647. The number of nitrogens with one attached hydrogen (secondary N) is 1. The van der Waals surface area contributed by atoms with Gasteiger partial charge in [-0.15, -0.1) is 0 Å². The van der Waals surface area contributed by atoms with Crippen molar-refractivity contribution < 1.29 is 13.2 Å². The summed E-state index contributed by atoms with van der Waals surface area (Å²) >= 11 is 0. The summed E-state index contributed by atoms with van der Waals surface area (Å²) in [4.78, 5) is 11.7. The van der Waals surface area contributed by atoms with Gasteiger partial charge in [-0.25, -0.2) is 8.42 Å². The molecule has 0 heterocycles. The lowest BCUT2D eigenvalue weighted by Crippen LogP contribution is -2.22. The van der Waals surface area contributed by atoms with Crippen molar-refractivity contribution >= 4 is 21.3 Å². The zero-order chi connectivity index (χ0) is 14.8. The van der Waals surface area contributed by atoms with Gasteiger partial charge in [-0.1, -0.05) is 12.2 Å². The third-order valence-corrected chi connectivity index (χ3v) is 4.57. The van der Waals surface area contributed by atoms with Crippen molar-refractivity contribution in [2.75, 3.05) is 11.6 Å². The van der Waals surface area contributed by atoms with Crippen LogP contribution in [0.15, 0.2) is 35.2 Å². The smallest absolute Gasteiger partial charge is 0.177 e. The van der Waals surface area contributed by atoms with Gasteiger partial charge in [-0.3, -0.25) is 4.79 Å². The third kappa shape index (κ3) is 3.48. The molecule has 2 rings (SSSR count). The van der Waals surface area contributed by atoms with Gasteiger partial charge >= 0.3 is 0 Å². The predicted molar refractivity (Wildman–Crippen MR) is 80.0 cm³/mol. The van der Waals surface area contributed by atoms with E-state index in [1.54, 1.807) is 12.1 Å². The summed E-state index contributed by atoms with van der Waals surface area (Å²) in [5.41, 5.74) is 1.05. The van der Waals surface area contributed by atoms with Crippen molar-refractivity contribution in [2.24, 2.45) is 0 Å². The number of sulfone groups is 1. The zero-order valence-electron chi connectivity index (χ0n) is 11.7. The first kappa shape index (κ1) is 14.8. The van der Waals surface area contributed by atoms with Gasteiger partial charge in [0.1, 0.15) is 0 Å². The summed E-state index contributed by atoms with van der Waals surface area (Å²) in [6.07, 6.45) is 8.22. The molecule has 4 nitrogen and oxygen atoms in total.